The van der Waals surface area contributed by atoms with Crippen LogP contribution in [0.15, 0.2) is 54.9 Å². The largest absolute Gasteiger partial charge is 0.340 e. The van der Waals surface area contributed by atoms with Gasteiger partial charge in [0.15, 0.2) is 0 Å². The molecule has 2 aromatic rings. The molecule has 0 saturated carbocycles. The highest BCUT2D eigenvalue weighted by Crippen LogP contribution is 2.08. The van der Waals surface area contributed by atoms with Gasteiger partial charge in [0.25, 0.3) is 5.91 Å². The third-order valence-corrected chi connectivity index (χ3v) is 5.88. The Balaban J connectivity index is 1.56. The molecule has 0 radical (unpaired) electrons. The van der Waals surface area contributed by atoms with Crippen LogP contribution in [0.3, 0.4) is 0 Å². The summed E-state index contributed by atoms with van der Waals surface area (Å²) >= 11 is 1.69. The summed E-state index contributed by atoms with van der Waals surface area (Å²) in [6.45, 7) is 4.21. The fraction of sp³-hybridized carbons (Fsp3) is 0.409. The number of nitrogens with one attached hydrogen (secondary N) is 2. The Kier molecular flexibility index (Phi) is 8.07. The molecule has 7 heteroatoms. The van der Waals surface area contributed by atoms with E-state index in [0.29, 0.717) is 12.0 Å². The maximum Gasteiger partial charge on any atom is 0.251 e. The minimum Gasteiger partial charge on any atom is -0.340 e. The van der Waals surface area contributed by atoms with Crippen LogP contribution >= 0.6 is 11.8 Å². The Labute approximate surface area is 176 Å². The lowest BCUT2D eigenvalue weighted by Crippen LogP contribution is -3.13. The zero-order valence-electron chi connectivity index (χ0n) is 16.8. The molecule has 1 aromatic heterocycles. The first-order chi connectivity index (χ1) is 14.2. The minimum absolute atomic E-state index is 0.0336. The van der Waals surface area contributed by atoms with Gasteiger partial charge >= 0.3 is 0 Å². The molecule has 0 unspecified atom stereocenters. The molecule has 2 amide bonds. The lowest BCUT2D eigenvalue weighted by Gasteiger charge is -2.34. The predicted molar refractivity (Wildman–Crippen MR) is 116 cm³/mol. The first kappa shape index (κ1) is 21.3. The van der Waals surface area contributed by atoms with Crippen molar-refractivity contribution in [2.45, 2.75) is 19.0 Å². The predicted octanol–water partition coefficient (Wildman–Crippen LogP) is 0.860. The number of aromatic nitrogens is 1. The summed E-state index contributed by atoms with van der Waals surface area (Å²) in [5.74, 6) is 0.678. The van der Waals surface area contributed by atoms with Crippen molar-refractivity contribution < 1.29 is 14.5 Å². The van der Waals surface area contributed by atoms with E-state index in [4.69, 9.17) is 0 Å². The fourth-order valence-electron chi connectivity index (χ4n) is 3.55. The van der Waals surface area contributed by atoms with E-state index < -0.39 is 6.04 Å². The Bertz CT molecular complexity index is 780. The average molecular weight is 414 g/mol. The molecule has 0 bridgehead atoms. The van der Waals surface area contributed by atoms with E-state index in [1.54, 1.807) is 23.9 Å². The van der Waals surface area contributed by atoms with Crippen molar-refractivity contribution in [2.75, 3.05) is 38.2 Å². The molecule has 2 heterocycles. The number of piperazine rings is 1. The lowest BCUT2D eigenvalue weighted by molar-refractivity contribution is -0.917. The normalized spacial score (nSPS) is 15.7. The zero-order valence-corrected chi connectivity index (χ0v) is 17.7. The van der Waals surface area contributed by atoms with Gasteiger partial charge in [-0.1, -0.05) is 18.2 Å². The van der Waals surface area contributed by atoms with E-state index in [0.717, 1.165) is 38.5 Å². The summed E-state index contributed by atoms with van der Waals surface area (Å²) in [7, 11) is 0. The molecule has 1 atom stereocenters. The van der Waals surface area contributed by atoms with Crippen LogP contribution in [-0.2, 0) is 11.3 Å². The summed E-state index contributed by atoms with van der Waals surface area (Å²) in [4.78, 5) is 33.1. The second kappa shape index (κ2) is 11.0. The number of benzene rings is 1. The second-order valence-corrected chi connectivity index (χ2v) is 8.27. The minimum atomic E-state index is -0.475. The third kappa shape index (κ3) is 6.30. The number of quaternary nitrogens is 1. The highest BCUT2D eigenvalue weighted by atomic mass is 32.2. The van der Waals surface area contributed by atoms with Crippen LogP contribution < -0.4 is 10.2 Å². The van der Waals surface area contributed by atoms with Gasteiger partial charge in [-0.05, 0) is 42.7 Å². The zero-order chi connectivity index (χ0) is 20.5. The number of carbonyl (C=O) groups is 2. The molecule has 1 aliphatic rings. The molecule has 1 fully saturated rings. The van der Waals surface area contributed by atoms with Crippen molar-refractivity contribution in [1.82, 2.24) is 15.2 Å². The molecule has 154 valence electrons. The highest BCUT2D eigenvalue weighted by molar-refractivity contribution is 7.98. The lowest BCUT2D eigenvalue weighted by atomic mass is 10.1. The van der Waals surface area contributed by atoms with Crippen LogP contribution in [-0.4, -0.2) is 65.9 Å². The fourth-order valence-corrected chi connectivity index (χ4v) is 4.03. The van der Waals surface area contributed by atoms with Crippen molar-refractivity contribution in [3.05, 3.63) is 66.0 Å². The van der Waals surface area contributed by atoms with Gasteiger partial charge in [-0.3, -0.25) is 14.6 Å². The molecule has 0 aliphatic carbocycles. The standard InChI is InChI=1S/C22H28N4O2S/c1-29-16-9-20(24-21(27)19-5-3-2-4-6-19)22(28)26-14-12-25(13-15-26)17-18-7-10-23-11-8-18/h2-8,10-11,20H,9,12-17H2,1H3,(H,24,27)/p+1/t20-/m1/s1. The first-order valence-corrected chi connectivity index (χ1v) is 11.4. The van der Waals surface area contributed by atoms with E-state index in [1.807, 2.05) is 53.9 Å². The van der Waals surface area contributed by atoms with Crippen molar-refractivity contribution in [1.29, 1.82) is 0 Å². The number of rotatable bonds is 8. The average Bonchev–Trinajstić information content (AvgIpc) is 2.78. The van der Waals surface area contributed by atoms with Gasteiger partial charge in [0.2, 0.25) is 5.91 Å². The molecular formula is C22H29N4O2S+. The number of hydrogen-bond acceptors (Lipinski definition) is 4. The molecule has 1 aromatic carbocycles. The SMILES string of the molecule is CSCC[C@@H](NC(=O)c1ccccc1)C(=O)N1CC[NH+](Cc2ccncc2)CC1. The van der Waals surface area contributed by atoms with Crippen molar-refractivity contribution in [3.63, 3.8) is 0 Å². The number of thioether (sulfide) groups is 1. The van der Waals surface area contributed by atoms with Gasteiger partial charge in [0, 0.05) is 23.5 Å². The molecule has 2 N–H and O–H groups in total. The molecule has 3 rings (SSSR count). The van der Waals surface area contributed by atoms with Gasteiger partial charge < -0.3 is 15.1 Å². The van der Waals surface area contributed by atoms with Crippen LogP contribution in [0.1, 0.15) is 22.3 Å². The van der Waals surface area contributed by atoms with E-state index in [2.05, 4.69) is 10.3 Å². The highest BCUT2D eigenvalue weighted by Gasteiger charge is 2.30. The second-order valence-electron chi connectivity index (χ2n) is 7.28. The maximum absolute atomic E-state index is 13.1. The first-order valence-electron chi connectivity index (χ1n) is 10.0. The van der Waals surface area contributed by atoms with Gasteiger partial charge in [-0.15, -0.1) is 0 Å². The number of nitrogens with zero attached hydrogens (tertiary/aromatic N) is 2. The van der Waals surface area contributed by atoms with Crippen LogP contribution in [0.2, 0.25) is 0 Å². The van der Waals surface area contributed by atoms with Gasteiger partial charge in [0.05, 0.1) is 26.2 Å². The number of carbonyl (C=O) groups excluding carboxylic acids is 2. The summed E-state index contributed by atoms with van der Waals surface area (Å²) in [5.41, 5.74) is 1.85. The van der Waals surface area contributed by atoms with Gasteiger partial charge in [-0.25, -0.2) is 0 Å². The Morgan fingerprint density at radius 1 is 1.14 bits per heavy atom. The summed E-state index contributed by atoms with van der Waals surface area (Å²) < 4.78 is 0. The number of hydrogen-bond donors (Lipinski definition) is 2. The maximum atomic E-state index is 13.1. The van der Waals surface area contributed by atoms with Crippen molar-refractivity contribution in [3.8, 4) is 0 Å². The van der Waals surface area contributed by atoms with Gasteiger partial charge in [0.1, 0.15) is 12.6 Å². The Morgan fingerprint density at radius 2 is 1.83 bits per heavy atom. The van der Waals surface area contributed by atoms with Crippen LogP contribution in [0.5, 0.6) is 0 Å². The summed E-state index contributed by atoms with van der Waals surface area (Å²) in [6.07, 6.45) is 6.30. The van der Waals surface area contributed by atoms with E-state index in [-0.39, 0.29) is 11.8 Å². The molecule has 29 heavy (non-hydrogen) atoms. The van der Waals surface area contributed by atoms with Crippen molar-refractivity contribution >= 4 is 23.6 Å². The van der Waals surface area contributed by atoms with Crippen molar-refractivity contribution in [2.24, 2.45) is 0 Å². The molecular weight excluding hydrogens is 384 g/mol. The number of pyridine rings is 1. The van der Waals surface area contributed by atoms with Crippen LogP contribution in [0.4, 0.5) is 0 Å². The summed E-state index contributed by atoms with van der Waals surface area (Å²) in [6, 6.07) is 12.7. The molecule has 1 aliphatic heterocycles. The smallest absolute Gasteiger partial charge is 0.251 e. The third-order valence-electron chi connectivity index (χ3n) is 5.24. The monoisotopic (exact) mass is 413 g/mol. The van der Waals surface area contributed by atoms with Crippen LogP contribution in [0.25, 0.3) is 0 Å². The van der Waals surface area contributed by atoms with E-state index >= 15 is 0 Å². The molecule has 0 spiro atoms. The van der Waals surface area contributed by atoms with E-state index in [1.165, 1.54) is 10.5 Å². The summed E-state index contributed by atoms with van der Waals surface area (Å²) in [5, 5.41) is 2.96. The number of amides is 2. The van der Waals surface area contributed by atoms with Crippen LogP contribution in [0, 0.1) is 0 Å². The quantitative estimate of drug-likeness (QED) is 0.674. The topological polar surface area (TPSA) is 66.7 Å². The molecule has 6 nitrogen and oxygen atoms in total. The molecule has 1 saturated heterocycles. The van der Waals surface area contributed by atoms with Gasteiger partial charge in [-0.2, -0.15) is 11.8 Å². The Morgan fingerprint density at radius 3 is 2.48 bits per heavy atom. The van der Waals surface area contributed by atoms with E-state index in [9.17, 15) is 9.59 Å². The Hall–Kier alpha value is -2.38.